The van der Waals surface area contributed by atoms with E-state index < -0.39 is 0 Å². The first kappa shape index (κ1) is 14.6. The Hall–Kier alpha value is -0.380. The summed E-state index contributed by atoms with van der Waals surface area (Å²) < 4.78 is 1.18. The van der Waals surface area contributed by atoms with Gasteiger partial charge in [0, 0.05) is 23.1 Å². The van der Waals surface area contributed by atoms with Gasteiger partial charge in [0.15, 0.2) is 0 Å². The van der Waals surface area contributed by atoms with Crippen LogP contribution in [0, 0.1) is 5.92 Å². The lowest BCUT2D eigenvalue weighted by molar-refractivity contribution is 0.309. The maximum absolute atomic E-state index is 3.79. The molecule has 2 aliphatic rings. The van der Waals surface area contributed by atoms with E-state index in [1.165, 1.54) is 42.4 Å². The number of nitrogens with zero attached hydrogens (tertiary/aromatic N) is 1. The third-order valence-corrected chi connectivity index (χ3v) is 5.19. The zero-order valence-corrected chi connectivity index (χ0v) is 13.9. The first-order chi connectivity index (χ1) is 9.76. The van der Waals surface area contributed by atoms with E-state index in [0.717, 1.165) is 24.9 Å². The zero-order valence-electron chi connectivity index (χ0n) is 12.3. The van der Waals surface area contributed by atoms with Crippen LogP contribution in [0.15, 0.2) is 28.7 Å². The van der Waals surface area contributed by atoms with Crippen LogP contribution >= 0.6 is 15.9 Å². The number of benzene rings is 1. The molecule has 20 heavy (non-hydrogen) atoms. The van der Waals surface area contributed by atoms with Crippen LogP contribution in [0.3, 0.4) is 0 Å². The second kappa shape index (κ2) is 6.59. The van der Waals surface area contributed by atoms with E-state index in [4.69, 9.17) is 0 Å². The van der Waals surface area contributed by atoms with Gasteiger partial charge in [-0.05, 0) is 62.4 Å². The summed E-state index contributed by atoms with van der Waals surface area (Å²) in [5.41, 5.74) is 1.40. The molecule has 1 saturated carbocycles. The SMILES string of the molecule is CCC(NCC1CCN(C2CC2)C1)c1cccc(Br)c1. The highest BCUT2D eigenvalue weighted by atomic mass is 79.9. The van der Waals surface area contributed by atoms with E-state index in [9.17, 15) is 0 Å². The Morgan fingerprint density at radius 1 is 1.35 bits per heavy atom. The van der Waals surface area contributed by atoms with Crippen molar-refractivity contribution in [1.82, 2.24) is 10.2 Å². The van der Waals surface area contributed by atoms with E-state index in [0.29, 0.717) is 6.04 Å². The molecule has 1 aromatic rings. The fraction of sp³-hybridized carbons (Fsp3) is 0.647. The molecule has 0 radical (unpaired) electrons. The van der Waals surface area contributed by atoms with Gasteiger partial charge in [-0.1, -0.05) is 35.0 Å². The molecule has 1 aliphatic carbocycles. The average Bonchev–Trinajstić information content (AvgIpc) is 3.19. The van der Waals surface area contributed by atoms with E-state index >= 15 is 0 Å². The molecular weight excluding hydrogens is 312 g/mol. The summed E-state index contributed by atoms with van der Waals surface area (Å²) in [5.74, 6) is 0.844. The lowest BCUT2D eigenvalue weighted by atomic mass is 10.0. The molecule has 110 valence electrons. The van der Waals surface area contributed by atoms with Crippen molar-refractivity contribution in [3.8, 4) is 0 Å². The van der Waals surface area contributed by atoms with Crippen molar-refractivity contribution >= 4 is 15.9 Å². The summed E-state index contributed by atoms with van der Waals surface area (Å²) in [4.78, 5) is 2.70. The van der Waals surface area contributed by atoms with Crippen LogP contribution < -0.4 is 5.32 Å². The third-order valence-electron chi connectivity index (χ3n) is 4.69. The minimum absolute atomic E-state index is 0.488. The van der Waals surface area contributed by atoms with E-state index in [-0.39, 0.29) is 0 Å². The molecule has 0 spiro atoms. The molecule has 2 fully saturated rings. The van der Waals surface area contributed by atoms with Gasteiger partial charge in [0.2, 0.25) is 0 Å². The van der Waals surface area contributed by atoms with E-state index in [1.807, 2.05) is 0 Å². The molecular formula is C17H25BrN2. The average molecular weight is 337 g/mol. The van der Waals surface area contributed by atoms with Gasteiger partial charge in [-0.25, -0.2) is 0 Å². The Morgan fingerprint density at radius 2 is 2.20 bits per heavy atom. The van der Waals surface area contributed by atoms with Crippen LogP contribution in [0.4, 0.5) is 0 Å². The number of likely N-dealkylation sites (tertiary alicyclic amines) is 1. The van der Waals surface area contributed by atoms with Crippen molar-refractivity contribution in [3.05, 3.63) is 34.3 Å². The van der Waals surface area contributed by atoms with Gasteiger partial charge in [0.25, 0.3) is 0 Å². The molecule has 2 atom stereocenters. The predicted octanol–water partition coefficient (Wildman–Crippen LogP) is 3.97. The third kappa shape index (κ3) is 3.63. The first-order valence-electron chi connectivity index (χ1n) is 7.99. The molecule has 1 heterocycles. The highest BCUT2D eigenvalue weighted by Gasteiger charge is 2.34. The predicted molar refractivity (Wildman–Crippen MR) is 87.9 cm³/mol. The van der Waals surface area contributed by atoms with Gasteiger partial charge in [0.05, 0.1) is 0 Å². The first-order valence-corrected chi connectivity index (χ1v) is 8.78. The Balaban J connectivity index is 1.51. The Kier molecular flexibility index (Phi) is 4.79. The van der Waals surface area contributed by atoms with E-state index in [1.54, 1.807) is 0 Å². The zero-order chi connectivity index (χ0) is 13.9. The van der Waals surface area contributed by atoms with Crippen LogP contribution in [-0.4, -0.2) is 30.6 Å². The summed E-state index contributed by atoms with van der Waals surface area (Å²) in [6, 6.07) is 10.1. The summed E-state index contributed by atoms with van der Waals surface area (Å²) in [6.07, 6.45) is 5.40. The maximum atomic E-state index is 3.79. The summed E-state index contributed by atoms with van der Waals surface area (Å²) in [6.45, 7) is 6.06. The summed E-state index contributed by atoms with van der Waals surface area (Å²) in [5, 5.41) is 3.79. The minimum Gasteiger partial charge on any atom is -0.310 e. The largest absolute Gasteiger partial charge is 0.310 e. The molecule has 1 aromatic carbocycles. The Labute approximate surface area is 131 Å². The normalized spacial score (nSPS) is 25.0. The fourth-order valence-corrected chi connectivity index (χ4v) is 3.75. The van der Waals surface area contributed by atoms with Gasteiger partial charge in [-0.15, -0.1) is 0 Å². The highest BCUT2D eigenvalue weighted by Crippen LogP contribution is 2.31. The quantitative estimate of drug-likeness (QED) is 0.845. The number of hydrogen-bond donors (Lipinski definition) is 1. The molecule has 1 N–H and O–H groups in total. The van der Waals surface area contributed by atoms with Crippen molar-refractivity contribution in [1.29, 1.82) is 0 Å². The molecule has 2 nitrogen and oxygen atoms in total. The number of hydrogen-bond acceptors (Lipinski definition) is 2. The van der Waals surface area contributed by atoms with Crippen LogP contribution in [0.1, 0.15) is 44.2 Å². The van der Waals surface area contributed by atoms with Crippen molar-refractivity contribution in [2.45, 2.75) is 44.7 Å². The smallest absolute Gasteiger partial charge is 0.0318 e. The molecule has 1 aliphatic heterocycles. The molecule has 3 heteroatoms. The number of nitrogens with one attached hydrogen (secondary N) is 1. The number of halogens is 1. The molecule has 0 amide bonds. The van der Waals surface area contributed by atoms with Gasteiger partial charge in [0.1, 0.15) is 0 Å². The maximum Gasteiger partial charge on any atom is 0.0318 e. The van der Waals surface area contributed by atoms with Gasteiger partial charge < -0.3 is 10.2 Å². The van der Waals surface area contributed by atoms with Crippen LogP contribution in [0.5, 0.6) is 0 Å². The molecule has 2 unspecified atom stereocenters. The van der Waals surface area contributed by atoms with Crippen molar-refractivity contribution in [2.24, 2.45) is 5.92 Å². The standard InChI is InChI=1S/C17H25BrN2/c1-2-17(14-4-3-5-15(18)10-14)19-11-13-8-9-20(12-13)16-6-7-16/h3-5,10,13,16-17,19H,2,6-9,11-12H2,1H3. The van der Waals surface area contributed by atoms with Crippen LogP contribution in [0.2, 0.25) is 0 Å². The highest BCUT2D eigenvalue weighted by molar-refractivity contribution is 9.10. The van der Waals surface area contributed by atoms with Gasteiger partial charge in [-0.2, -0.15) is 0 Å². The lowest BCUT2D eigenvalue weighted by Crippen LogP contribution is -2.30. The van der Waals surface area contributed by atoms with Gasteiger partial charge >= 0.3 is 0 Å². The molecule has 1 saturated heterocycles. The molecule has 0 bridgehead atoms. The van der Waals surface area contributed by atoms with Crippen molar-refractivity contribution in [3.63, 3.8) is 0 Å². The molecule has 0 aromatic heterocycles. The second-order valence-corrected chi connectivity index (χ2v) is 7.22. The minimum atomic E-state index is 0.488. The van der Waals surface area contributed by atoms with Crippen molar-refractivity contribution < 1.29 is 0 Å². The second-order valence-electron chi connectivity index (χ2n) is 6.30. The van der Waals surface area contributed by atoms with Crippen LogP contribution in [0.25, 0.3) is 0 Å². The summed E-state index contributed by atoms with van der Waals surface area (Å²) in [7, 11) is 0. The fourth-order valence-electron chi connectivity index (χ4n) is 3.33. The van der Waals surface area contributed by atoms with Crippen molar-refractivity contribution in [2.75, 3.05) is 19.6 Å². The monoisotopic (exact) mass is 336 g/mol. The van der Waals surface area contributed by atoms with E-state index in [2.05, 4.69) is 57.3 Å². The summed E-state index contributed by atoms with van der Waals surface area (Å²) >= 11 is 3.57. The van der Waals surface area contributed by atoms with Crippen LogP contribution in [-0.2, 0) is 0 Å². The Bertz CT molecular complexity index is 444. The topological polar surface area (TPSA) is 15.3 Å². The number of rotatable bonds is 6. The molecule has 3 rings (SSSR count). The Morgan fingerprint density at radius 3 is 2.90 bits per heavy atom. The lowest BCUT2D eigenvalue weighted by Gasteiger charge is -2.21. The van der Waals surface area contributed by atoms with Gasteiger partial charge in [-0.3, -0.25) is 0 Å².